The van der Waals surface area contributed by atoms with Gasteiger partial charge in [0.1, 0.15) is 17.7 Å². The Morgan fingerprint density at radius 3 is 1.84 bits per heavy atom. The summed E-state index contributed by atoms with van der Waals surface area (Å²) in [4.78, 5) is 46.9. The van der Waals surface area contributed by atoms with E-state index in [1.54, 1.807) is 31.4 Å². The highest BCUT2D eigenvalue weighted by atomic mass is 32.2. The molecule has 32 heavy (non-hydrogen) atoms. The molecule has 11 heteroatoms. The van der Waals surface area contributed by atoms with E-state index in [9.17, 15) is 19.2 Å². The summed E-state index contributed by atoms with van der Waals surface area (Å²) in [6, 6.07) is 7.03. The van der Waals surface area contributed by atoms with Gasteiger partial charge in [-0.25, -0.2) is 0 Å². The lowest BCUT2D eigenvalue weighted by molar-refractivity contribution is -0.185. The summed E-state index contributed by atoms with van der Waals surface area (Å²) in [5.74, 6) is -1.73. The van der Waals surface area contributed by atoms with Gasteiger partial charge in [0.25, 0.3) is 0 Å². The van der Waals surface area contributed by atoms with Gasteiger partial charge in [0, 0.05) is 33.4 Å². The molecule has 176 valence electrons. The number of methoxy groups -OCH3 is 1. The molecule has 0 spiro atoms. The van der Waals surface area contributed by atoms with Crippen LogP contribution in [0.15, 0.2) is 24.3 Å². The van der Waals surface area contributed by atoms with Gasteiger partial charge in [0.15, 0.2) is 18.3 Å². The highest BCUT2D eigenvalue weighted by Crippen LogP contribution is 2.38. The molecule has 1 aromatic carbocycles. The SMILES string of the molecule is COc1ccc(N[C@H]2S[C@H](COC(C)=O)[C@@H](OC(C)=O)[C@H](OC(C)=O)[C@H]2OC(C)=O)cc1. The van der Waals surface area contributed by atoms with Crippen LogP contribution in [0.1, 0.15) is 27.7 Å². The Morgan fingerprint density at radius 1 is 0.812 bits per heavy atom. The average Bonchev–Trinajstić information content (AvgIpc) is 2.70. The van der Waals surface area contributed by atoms with E-state index in [0.717, 1.165) is 0 Å². The van der Waals surface area contributed by atoms with Crippen molar-refractivity contribution in [1.82, 2.24) is 0 Å². The first-order valence-corrected chi connectivity index (χ1v) is 10.8. The number of ether oxygens (including phenoxy) is 5. The normalized spacial score (nSPS) is 24.6. The first kappa shape index (κ1) is 25.3. The van der Waals surface area contributed by atoms with Crippen LogP contribution in [0.3, 0.4) is 0 Å². The van der Waals surface area contributed by atoms with Crippen LogP contribution in [0, 0.1) is 0 Å². The Bertz CT molecular complexity index is 829. The predicted octanol–water partition coefficient (Wildman–Crippen LogP) is 1.91. The van der Waals surface area contributed by atoms with Crippen molar-refractivity contribution in [2.45, 2.75) is 56.6 Å². The fourth-order valence-corrected chi connectivity index (χ4v) is 4.65. The van der Waals surface area contributed by atoms with E-state index in [0.29, 0.717) is 11.4 Å². The first-order chi connectivity index (χ1) is 15.1. The summed E-state index contributed by atoms with van der Waals surface area (Å²) in [5, 5.41) is 2.02. The van der Waals surface area contributed by atoms with Crippen molar-refractivity contribution in [3.05, 3.63) is 24.3 Å². The number of anilines is 1. The van der Waals surface area contributed by atoms with Crippen LogP contribution in [0.5, 0.6) is 5.75 Å². The number of carbonyl (C=O) groups excluding carboxylic acids is 4. The number of esters is 4. The Labute approximate surface area is 190 Å². The van der Waals surface area contributed by atoms with Crippen molar-refractivity contribution < 1.29 is 42.9 Å². The third kappa shape index (κ3) is 7.33. The molecule has 1 saturated heterocycles. The molecule has 2 rings (SSSR count). The molecule has 1 N–H and O–H groups in total. The zero-order chi connectivity index (χ0) is 23.8. The number of thioether (sulfide) groups is 1. The summed E-state index contributed by atoms with van der Waals surface area (Å²) in [6.07, 6.45) is -3.14. The Morgan fingerprint density at radius 2 is 1.34 bits per heavy atom. The second kappa shape index (κ2) is 11.6. The molecular formula is C21H27NO9S. The lowest BCUT2D eigenvalue weighted by atomic mass is 10.0. The van der Waals surface area contributed by atoms with Crippen LogP contribution in [0.4, 0.5) is 5.69 Å². The highest BCUT2D eigenvalue weighted by molar-refractivity contribution is 8.00. The molecule has 0 aliphatic carbocycles. The number of hydrogen-bond donors (Lipinski definition) is 1. The van der Waals surface area contributed by atoms with Gasteiger partial charge in [-0.3, -0.25) is 19.2 Å². The maximum absolute atomic E-state index is 11.9. The van der Waals surface area contributed by atoms with Crippen molar-refractivity contribution in [1.29, 1.82) is 0 Å². The van der Waals surface area contributed by atoms with E-state index in [1.807, 2.05) is 0 Å². The van der Waals surface area contributed by atoms with Crippen molar-refractivity contribution in [2.24, 2.45) is 0 Å². The van der Waals surface area contributed by atoms with Gasteiger partial charge in [-0.2, -0.15) is 0 Å². The highest BCUT2D eigenvalue weighted by Gasteiger charge is 2.51. The minimum Gasteiger partial charge on any atom is -0.497 e. The number of hydrogen-bond acceptors (Lipinski definition) is 11. The molecular weight excluding hydrogens is 442 g/mol. The molecule has 0 bridgehead atoms. The summed E-state index contributed by atoms with van der Waals surface area (Å²) in [6.45, 7) is 4.78. The molecule has 10 nitrogen and oxygen atoms in total. The van der Waals surface area contributed by atoms with Crippen LogP contribution in [-0.2, 0) is 38.1 Å². The average molecular weight is 470 g/mol. The monoisotopic (exact) mass is 469 g/mol. The molecule has 5 atom stereocenters. The maximum atomic E-state index is 11.9. The Hall–Kier alpha value is -2.95. The predicted molar refractivity (Wildman–Crippen MR) is 115 cm³/mol. The number of rotatable bonds is 8. The maximum Gasteiger partial charge on any atom is 0.303 e. The summed E-state index contributed by atoms with van der Waals surface area (Å²) in [5.41, 5.74) is 0.680. The van der Waals surface area contributed by atoms with E-state index >= 15 is 0 Å². The molecule has 0 saturated carbocycles. The van der Waals surface area contributed by atoms with E-state index in [1.165, 1.54) is 39.5 Å². The molecule has 1 aromatic rings. The number of carbonyl (C=O) groups is 4. The smallest absolute Gasteiger partial charge is 0.303 e. The van der Waals surface area contributed by atoms with Crippen LogP contribution >= 0.6 is 11.8 Å². The zero-order valence-electron chi connectivity index (χ0n) is 18.5. The largest absolute Gasteiger partial charge is 0.497 e. The minimum absolute atomic E-state index is 0.108. The van der Waals surface area contributed by atoms with E-state index in [-0.39, 0.29) is 6.61 Å². The van der Waals surface area contributed by atoms with Gasteiger partial charge >= 0.3 is 23.9 Å². The van der Waals surface area contributed by atoms with Gasteiger partial charge in [-0.05, 0) is 24.3 Å². The van der Waals surface area contributed by atoms with Crippen LogP contribution in [-0.4, -0.2) is 66.5 Å². The number of benzene rings is 1. The second-order valence-electron chi connectivity index (χ2n) is 6.99. The van der Waals surface area contributed by atoms with Crippen LogP contribution < -0.4 is 10.1 Å². The fourth-order valence-electron chi connectivity index (χ4n) is 3.20. The lowest BCUT2D eigenvalue weighted by Gasteiger charge is -2.44. The van der Waals surface area contributed by atoms with Gasteiger partial charge < -0.3 is 29.0 Å². The lowest BCUT2D eigenvalue weighted by Crippen LogP contribution is -2.60. The summed E-state index contributed by atoms with van der Waals surface area (Å²) in [7, 11) is 1.55. The molecule has 0 unspecified atom stereocenters. The quantitative estimate of drug-likeness (QED) is 0.443. The van der Waals surface area contributed by atoms with Gasteiger partial charge in [-0.15, -0.1) is 11.8 Å². The molecule has 1 aliphatic heterocycles. The first-order valence-electron chi connectivity index (χ1n) is 9.81. The topological polar surface area (TPSA) is 126 Å². The third-order valence-electron chi connectivity index (χ3n) is 4.39. The molecule has 0 aromatic heterocycles. The van der Waals surface area contributed by atoms with Gasteiger partial charge in [0.05, 0.1) is 12.4 Å². The van der Waals surface area contributed by atoms with Gasteiger partial charge in [-0.1, -0.05) is 0 Å². The molecule has 1 aliphatic rings. The number of nitrogens with one attached hydrogen (secondary N) is 1. The van der Waals surface area contributed by atoms with Crippen molar-refractivity contribution in [2.75, 3.05) is 19.0 Å². The summed E-state index contributed by atoms with van der Waals surface area (Å²) >= 11 is 1.24. The van der Waals surface area contributed by atoms with E-state index < -0.39 is 52.8 Å². The van der Waals surface area contributed by atoms with Crippen LogP contribution in [0.25, 0.3) is 0 Å². The Kier molecular flexibility index (Phi) is 9.18. The minimum atomic E-state index is -1.13. The Balaban J connectivity index is 2.42. The third-order valence-corrected chi connectivity index (χ3v) is 5.82. The summed E-state index contributed by atoms with van der Waals surface area (Å²) < 4.78 is 26.7. The standard InChI is InChI=1S/C21H27NO9S/c1-11(23)28-10-17-18(29-12(2)24)19(30-13(3)25)20(31-14(4)26)21(32-17)22-15-6-8-16(27-5)9-7-15/h6-9,17-22H,10H2,1-5H3/t17-,18-,19+,20-,21+/m1/s1. The van der Waals surface area contributed by atoms with E-state index in [2.05, 4.69) is 5.32 Å². The van der Waals surface area contributed by atoms with E-state index in [4.69, 9.17) is 23.7 Å². The van der Waals surface area contributed by atoms with Crippen molar-refractivity contribution in [3.8, 4) is 5.75 Å². The fraction of sp³-hybridized carbons (Fsp3) is 0.524. The van der Waals surface area contributed by atoms with Crippen molar-refractivity contribution >= 4 is 41.3 Å². The van der Waals surface area contributed by atoms with Crippen LogP contribution in [0.2, 0.25) is 0 Å². The molecule has 1 fully saturated rings. The molecule has 0 amide bonds. The van der Waals surface area contributed by atoms with Gasteiger partial charge in [0.2, 0.25) is 0 Å². The second-order valence-corrected chi connectivity index (χ2v) is 8.38. The van der Waals surface area contributed by atoms with Crippen molar-refractivity contribution in [3.63, 3.8) is 0 Å². The zero-order valence-corrected chi connectivity index (χ0v) is 19.3. The molecule has 1 heterocycles. The molecule has 0 radical (unpaired) electrons.